The van der Waals surface area contributed by atoms with Gasteiger partial charge in [0.05, 0.1) is 11.5 Å². The number of nitro benzene ring substituents is 1. The molecule has 0 spiro atoms. The minimum atomic E-state index is -3.98. The van der Waals surface area contributed by atoms with Crippen molar-refractivity contribution in [2.75, 3.05) is 33.0 Å². The second-order valence-electron chi connectivity index (χ2n) is 3.77. The molecule has 19 heavy (non-hydrogen) atoms. The molecule has 0 aliphatic carbocycles. The Kier molecular flexibility index (Phi) is 4.81. The van der Waals surface area contributed by atoms with E-state index < -0.39 is 25.5 Å². The number of sulfonamides is 1. The van der Waals surface area contributed by atoms with Crippen molar-refractivity contribution >= 4 is 21.4 Å². The van der Waals surface area contributed by atoms with Gasteiger partial charge >= 0.3 is 5.69 Å². The average molecular weight is 289 g/mol. The summed E-state index contributed by atoms with van der Waals surface area (Å²) >= 11 is 0. The number of benzene rings is 1. The summed E-state index contributed by atoms with van der Waals surface area (Å²) < 4.78 is 30.2. The third kappa shape index (κ3) is 3.19. The molecule has 0 saturated carbocycles. The van der Waals surface area contributed by atoms with Crippen LogP contribution in [0, 0.1) is 10.1 Å². The van der Waals surface area contributed by atoms with Crippen LogP contribution >= 0.6 is 0 Å². The van der Waals surface area contributed by atoms with Crippen LogP contribution in [0.5, 0.6) is 0 Å². The highest BCUT2D eigenvalue weighted by atomic mass is 32.2. The lowest BCUT2D eigenvalue weighted by Gasteiger charge is -2.16. The Bertz CT molecular complexity index is 573. The number of methoxy groups -OCH3 is 1. The van der Waals surface area contributed by atoms with Crippen molar-refractivity contribution in [3.63, 3.8) is 0 Å². The highest BCUT2D eigenvalue weighted by Crippen LogP contribution is 2.31. The van der Waals surface area contributed by atoms with E-state index in [1.54, 1.807) is 0 Å². The summed E-state index contributed by atoms with van der Waals surface area (Å²) in [6.45, 7) is 0.274. The van der Waals surface area contributed by atoms with Crippen LogP contribution in [0.4, 0.5) is 11.4 Å². The first kappa shape index (κ1) is 15.3. The van der Waals surface area contributed by atoms with Gasteiger partial charge in [0.25, 0.3) is 0 Å². The second-order valence-corrected chi connectivity index (χ2v) is 5.78. The van der Waals surface area contributed by atoms with E-state index >= 15 is 0 Å². The molecule has 1 aromatic carbocycles. The molecule has 9 heteroatoms. The van der Waals surface area contributed by atoms with Crippen LogP contribution in [0.1, 0.15) is 0 Å². The van der Waals surface area contributed by atoms with Crippen LogP contribution < -0.4 is 5.73 Å². The molecule has 0 atom stereocenters. The number of nitrogens with two attached hydrogens (primary N) is 1. The Balaban J connectivity index is 3.29. The molecule has 1 aromatic rings. The number of para-hydroxylation sites is 1. The summed E-state index contributed by atoms with van der Waals surface area (Å²) in [5.74, 6) is 0. The minimum Gasteiger partial charge on any atom is -0.393 e. The lowest BCUT2D eigenvalue weighted by molar-refractivity contribution is -0.386. The Morgan fingerprint density at radius 2 is 2.11 bits per heavy atom. The van der Waals surface area contributed by atoms with Gasteiger partial charge in [-0.15, -0.1) is 0 Å². The van der Waals surface area contributed by atoms with Crippen LogP contribution in [-0.4, -0.2) is 45.0 Å². The number of nitrogens with zero attached hydrogens (tertiary/aromatic N) is 2. The van der Waals surface area contributed by atoms with E-state index in [-0.39, 0.29) is 18.8 Å². The van der Waals surface area contributed by atoms with Crippen LogP contribution in [0.25, 0.3) is 0 Å². The van der Waals surface area contributed by atoms with Crippen molar-refractivity contribution in [1.82, 2.24) is 4.31 Å². The number of likely N-dealkylation sites (N-methyl/N-ethyl adjacent to an activating group) is 1. The standard InChI is InChI=1S/C10H15N3O5S/c1-12(6-7-18-2)19(16,17)9-5-3-4-8(11)10(9)13(14)15/h3-5H,6-7,11H2,1-2H3. The fourth-order valence-electron chi connectivity index (χ4n) is 1.45. The van der Waals surface area contributed by atoms with E-state index in [1.807, 2.05) is 0 Å². The molecule has 0 unspecified atom stereocenters. The molecule has 2 N–H and O–H groups in total. The largest absolute Gasteiger partial charge is 0.393 e. The predicted molar refractivity (Wildman–Crippen MR) is 69.2 cm³/mol. The third-order valence-electron chi connectivity index (χ3n) is 2.51. The maximum atomic E-state index is 12.2. The second kappa shape index (κ2) is 5.95. The zero-order valence-corrected chi connectivity index (χ0v) is 11.4. The summed E-state index contributed by atoms with van der Waals surface area (Å²) in [5, 5.41) is 10.9. The highest BCUT2D eigenvalue weighted by molar-refractivity contribution is 7.89. The predicted octanol–water partition coefficient (Wildman–Crippen LogP) is 0.444. The van der Waals surface area contributed by atoms with Gasteiger partial charge in [0.1, 0.15) is 5.69 Å². The molecule has 0 aliphatic rings. The molecule has 0 aliphatic heterocycles. The smallest absolute Gasteiger partial charge is 0.312 e. The Morgan fingerprint density at radius 1 is 1.47 bits per heavy atom. The average Bonchev–Trinajstić information content (AvgIpc) is 2.34. The van der Waals surface area contributed by atoms with Gasteiger partial charge < -0.3 is 10.5 Å². The first-order valence-corrected chi connectivity index (χ1v) is 6.74. The summed E-state index contributed by atoms with van der Waals surface area (Å²) in [6.07, 6.45) is 0. The van der Waals surface area contributed by atoms with Gasteiger partial charge in [-0.2, -0.15) is 4.31 Å². The zero-order valence-electron chi connectivity index (χ0n) is 10.6. The lowest BCUT2D eigenvalue weighted by Crippen LogP contribution is -2.30. The van der Waals surface area contributed by atoms with E-state index in [0.29, 0.717) is 0 Å². The third-order valence-corrected chi connectivity index (χ3v) is 4.40. The van der Waals surface area contributed by atoms with Crippen LogP contribution in [0.2, 0.25) is 0 Å². The van der Waals surface area contributed by atoms with Crippen molar-refractivity contribution in [1.29, 1.82) is 0 Å². The summed E-state index contributed by atoms with van der Waals surface area (Å²) in [4.78, 5) is 9.72. The first-order valence-electron chi connectivity index (χ1n) is 5.30. The fraction of sp³-hybridized carbons (Fsp3) is 0.400. The summed E-state index contributed by atoms with van der Waals surface area (Å²) in [5.41, 5.74) is 4.68. The van der Waals surface area contributed by atoms with E-state index in [2.05, 4.69) is 0 Å². The summed E-state index contributed by atoms with van der Waals surface area (Å²) in [7, 11) is -1.22. The highest BCUT2D eigenvalue weighted by Gasteiger charge is 2.31. The monoisotopic (exact) mass is 289 g/mol. The maximum absolute atomic E-state index is 12.2. The number of rotatable bonds is 6. The van der Waals surface area contributed by atoms with Crippen molar-refractivity contribution in [3.05, 3.63) is 28.3 Å². The number of nitrogen functional groups attached to an aromatic ring is 1. The molecule has 0 radical (unpaired) electrons. The van der Waals surface area contributed by atoms with Crippen molar-refractivity contribution in [2.24, 2.45) is 0 Å². The van der Waals surface area contributed by atoms with Crippen LogP contribution in [0.3, 0.4) is 0 Å². The van der Waals surface area contributed by atoms with E-state index in [9.17, 15) is 18.5 Å². The quantitative estimate of drug-likeness (QED) is 0.461. The number of hydrogen-bond donors (Lipinski definition) is 1. The Labute approximate surface area is 111 Å². The molecule has 0 saturated heterocycles. The van der Waals surface area contributed by atoms with E-state index in [4.69, 9.17) is 10.5 Å². The van der Waals surface area contributed by atoms with Gasteiger partial charge in [-0.25, -0.2) is 8.42 Å². The summed E-state index contributed by atoms with van der Waals surface area (Å²) in [6, 6.07) is 3.80. The molecule has 0 amide bonds. The van der Waals surface area contributed by atoms with E-state index in [0.717, 1.165) is 10.4 Å². The normalized spacial score (nSPS) is 11.7. The van der Waals surface area contributed by atoms with Crippen LogP contribution in [-0.2, 0) is 14.8 Å². The minimum absolute atomic E-state index is 0.0881. The van der Waals surface area contributed by atoms with Gasteiger partial charge in [0.15, 0.2) is 4.90 Å². The van der Waals surface area contributed by atoms with Gasteiger partial charge in [-0.05, 0) is 12.1 Å². The topological polar surface area (TPSA) is 116 Å². The van der Waals surface area contributed by atoms with Crippen LogP contribution in [0.15, 0.2) is 23.1 Å². The molecule has 8 nitrogen and oxygen atoms in total. The number of anilines is 1. The van der Waals surface area contributed by atoms with E-state index in [1.165, 1.54) is 26.3 Å². The lowest BCUT2D eigenvalue weighted by atomic mass is 10.3. The number of nitro groups is 1. The fourth-order valence-corrected chi connectivity index (χ4v) is 2.79. The molecule has 0 bridgehead atoms. The number of ether oxygens (including phenoxy) is 1. The Hall–Kier alpha value is -1.71. The van der Waals surface area contributed by atoms with Gasteiger partial charge in [0, 0.05) is 20.7 Å². The molecule has 0 aromatic heterocycles. The van der Waals surface area contributed by atoms with Crippen molar-refractivity contribution < 1.29 is 18.1 Å². The molecule has 106 valence electrons. The molecule has 0 heterocycles. The van der Waals surface area contributed by atoms with Crippen molar-refractivity contribution in [2.45, 2.75) is 4.90 Å². The molecule has 1 rings (SSSR count). The van der Waals surface area contributed by atoms with Gasteiger partial charge in [-0.3, -0.25) is 10.1 Å². The SMILES string of the molecule is COCCN(C)S(=O)(=O)c1cccc(N)c1[N+](=O)[O-]. The molecular weight excluding hydrogens is 274 g/mol. The van der Waals surface area contributed by atoms with Crippen molar-refractivity contribution in [3.8, 4) is 0 Å². The maximum Gasteiger partial charge on any atom is 0.312 e. The Morgan fingerprint density at radius 3 is 2.63 bits per heavy atom. The van der Waals surface area contributed by atoms with Gasteiger partial charge in [-0.1, -0.05) is 6.07 Å². The molecular formula is C10H15N3O5S. The first-order chi connectivity index (χ1) is 8.82. The van der Waals surface area contributed by atoms with Gasteiger partial charge in [0.2, 0.25) is 10.0 Å². The zero-order chi connectivity index (χ0) is 14.6. The molecule has 0 fully saturated rings. The number of hydrogen-bond acceptors (Lipinski definition) is 6.